The Kier molecular flexibility index (Phi) is 5.15. The zero-order valence-corrected chi connectivity index (χ0v) is 12.4. The van der Waals surface area contributed by atoms with Gasteiger partial charge in [-0.1, -0.05) is 30.3 Å². The zero-order chi connectivity index (χ0) is 14.4. The third-order valence-electron chi connectivity index (χ3n) is 2.99. The van der Waals surface area contributed by atoms with Crippen molar-refractivity contribution in [2.24, 2.45) is 0 Å². The Morgan fingerprint density at radius 1 is 1.25 bits per heavy atom. The molecular formula is C15H18N2O2S. The van der Waals surface area contributed by atoms with Gasteiger partial charge >= 0.3 is 6.03 Å². The van der Waals surface area contributed by atoms with E-state index in [9.17, 15) is 4.79 Å². The molecule has 0 atom stereocenters. The van der Waals surface area contributed by atoms with Crippen molar-refractivity contribution in [1.29, 1.82) is 0 Å². The molecule has 0 aliphatic rings. The van der Waals surface area contributed by atoms with E-state index in [1.807, 2.05) is 12.1 Å². The topological polar surface area (TPSA) is 41.6 Å². The molecule has 0 radical (unpaired) electrons. The Labute approximate surface area is 122 Å². The summed E-state index contributed by atoms with van der Waals surface area (Å²) in [6.07, 6.45) is 1.97. The number of benzene rings is 1. The second-order valence-electron chi connectivity index (χ2n) is 4.41. The molecule has 5 heteroatoms. The molecule has 0 spiro atoms. The first kappa shape index (κ1) is 14.6. The maximum Gasteiger partial charge on any atom is 0.346 e. The molecule has 4 nitrogen and oxygen atoms in total. The van der Waals surface area contributed by atoms with Crippen LogP contribution in [0.5, 0.6) is 0 Å². The minimum Gasteiger partial charge on any atom is -0.297 e. The highest BCUT2D eigenvalue weighted by molar-refractivity contribution is 7.14. The lowest BCUT2D eigenvalue weighted by atomic mass is 10.1. The monoisotopic (exact) mass is 290 g/mol. The average Bonchev–Trinajstić information content (AvgIpc) is 2.92. The number of urea groups is 1. The molecule has 20 heavy (non-hydrogen) atoms. The van der Waals surface area contributed by atoms with Crippen molar-refractivity contribution in [3.8, 4) is 0 Å². The molecule has 1 aromatic carbocycles. The summed E-state index contributed by atoms with van der Waals surface area (Å²) in [6, 6.07) is 12.1. The molecule has 0 aliphatic carbocycles. The van der Waals surface area contributed by atoms with Gasteiger partial charge in [0, 0.05) is 7.05 Å². The molecule has 0 fully saturated rings. The van der Waals surface area contributed by atoms with Gasteiger partial charge in [0.1, 0.15) is 0 Å². The van der Waals surface area contributed by atoms with Crippen LogP contribution < -0.4 is 5.32 Å². The molecule has 1 heterocycles. The number of carbonyl (C=O) groups is 1. The number of anilines is 1. The molecule has 0 saturated heterocycles. The lowest BCUT2D eigenvalue weighted by Crippen LogP contribution is -2.29. The predicted octanol–water partition coefficient (Wildman–Crippen LogP) is 3.56. The van der Waals surface area contributed by atoms with Gasteiger partial charge in [0.2, 0.25) is 0 Å². The van der Waals surface area contributed by atoms with Crippen LogP contribution in [0.4, 0.5) is 9.80 Å². The van der Waals surface area contributed by atoms with Crippen molar-refractivity contribution in [3.63, 3.8) is 0 Å². The second kappa shape index (κ2) is 7.07. The highest BCUT2D eigenvalue weighted by Crippen LogP contribution is 2.22. The lowest BCUT2D eigenvalue weighted by molar-refractivity contribution is -0.0597. The summed E-state index contributed by atoms with van der Waals surface area (Å²) in [5.74, 6) is 0. The number of thiophene rings is 1. The molecule has 0 unspecified atom stereocenters. The Morgan fingerprint density at radius 3 is 2.65 bits per heavy atom. The minimum absolute atomic E-state index is 0.274. The first-order valence-electron chi connectivity index (χ1n) is 6.39. The Hall–Kier alpha value is -1.85. The number of rotatable bonds is 5. The fourth-order valence-electron chi connectivity index (χ4n) is 1.77. The maximum atomic E-state index is 11.6. The zero-order valence-electron chi connectivity index (χ0n) is 11.6. The van der Waals surface area contributed by atoms with Crippen LogP contribution in [-0.4, -0.2) is 25.3 Å². The molecular weight excluding hydrogens is 272 g/mol. The normalized spacial score (nSPS) is 10.3. The highest BCUT2D eigenvalue weighted by atomic mass is 32.1. The fourth-order valence-corrected chi connectivity index (χ4v) is 2.60. The summed E-state index contributed by atoms with van der Waals surface area (Å²) in [5.41, 5.74) is 2.55. The number of amides is 2. The predicted molar refractivity (Wildman–Crippen MR) is 82.0 cm³/mol. The largest absolute Gasteiger partial charge is 0.346 e. The van der Waals surface area contributed by atoms with E-state index in [0.29, 0.717) is 0 Å². The highest BCUT2D eigenvalue weighted by Gasteiger charge is 2.09. The molecule has 0 saturated carbocycles. The fraction of sp³-hybridized carbons (Fsp3) is 0.267. The van der Waals surface area contributed by atoms with E-state index < -0.39 is 0 Å². The quantitative estimate of drug-likeness (QED) is 0.855. The smallest absolute Gasteiger partial charge is 0.297 e. The number of aryl methyl sites for hydroxylation is 2. The van der Waals surface area contributed by atoms with Gasteiger partial charge in [0.25, 0.3) is 0 Å². The summed E-state index contributed by atoms with van der Waals surface area (Å²) in [7, 11) is 3.03. The summed E-state index contributed by atoms with van der Waals surface area (Å²) >= 11 is 1.53. The molecule has 0 bridgehead atoms. The Bertz CT molecular complexity index is 554. The third-order valence-corrected chi connectivity index (χ3v) is 3.88. The molecule has 1 N–H and O–H groups in total. The second-order valence-corrected chi connectivity index (χ2v) is 5.33. The van der Waals surface area contributed by atoms with Crippen LogP contribution in [0, 0.1) is 0 Å². The summed E-state index contributed by atoms with van der Waals surface area (Å²) in [6.45, 7) is 0. The number of hydrogen-bond acceptors (Lipinski definition) is 3. The van der Waals surface area contributed by atoms with E-state index in [1.165, 1.54) is 29.6 Å². The standard InChI is InChI=1S/C15H18N2O2S/c1-17(19-2)15(18)16-14-10-13(11-20-14)9-8-12-6-4-3-5-7-12/h3-7,10-11H,8-9H2,1-2H3,(H,16,18). The van der Waals surface area contributed by atoms with Crippen molar-refractivity contribution in [1.82, 2.24) is 5.06 Å². The van der Waals surface area contributed by atoms with Crippen LogP contribution in [0.1, 0.15) is 11.1 Å². The van der Waals surface area contributed by atoms with Gasteiger partial charge in [-0.2, -0.15) is 0 Å². The third kappa shape index (κ3) is 4.08. The van der Waals surface area contributed by atoms with Gasteiger partial charge in [-0.05, 0) is 35.4 Å². The van der Waals surface area contributed by atoms with Crippen molar-refractivity contribution in [3.05, 3.63) is 52.9 Å². The van der Waals surface area contributed by atoms with Crippen molar-refractivity contribution in [2.45, 2.75) is 12.8 Å². The number of nitrogens with zero attached hydrogens (tertiary/aromatic N) is 1. The molecule has 2 rings (SSSR count). The van der Waals surface area contributed by atoms with Crippen LogP contribution >= 0.6 is 11.3 Å². The SMILES string of the molecule is CON(C)C(=O)Nc1cc(CCc2ccccc2)cs1. The average molecular weight is 290 g/mol. The van der Waals surface area contributed by atoms with Gasteiger partial charge < -0.3 is 0 Å². The van der Waals surface area contributed by atoms with Crippen LogP contribution in [0.15, 0.2) is 41.8 Å². The lowest BCUT2D eigenvalue weighted by Gasteiger charge is -2.13. The maximum absolute atomic E-state index is 11.6. The number of hydroxylamine groups is 2. The summed E-state index contributed by atoms with van der Waals surface area (Å²) in [5, 5.41) is 6.86. The molecule has 0 aliphatic heterocycles. The molecule has 2 amide bonds. The van der Waals surface area contributed by atoms with E-state index in [-0.39, 0.29) is 6.03 Å². The summed E-state index contributed by atoms with van der Waals surface area (Å²) < 4.78 is 0. The van der Waals surface area contributed by atoms with Crippen LogP contribution in [-0.2, 0) is 17.7 Å². The number of carbonyl (C=O) groups excluding carboxylic acids is 1. The van der Waals surface area contributed by atoms with E-state index in [2.05, 4.69) is 35.0 Å². The van der Waals surface area contributed by atoms with Gasteiger partial charge in [-0.25, -0.2) is 9.86 Å². The number of nitrogens with one attached hydrogen (secondary N) is 1. The van der Waals surface area contributed by atoms with E-state index in [4.69, 9.17) is 4.84 Å². The first-order chi connectivity index (χ1) is 9.69. The van der Waals surface area contributed by atoms with Crippen molar-refractivity contribution in [2.75, 3.05) is 19.5 Å². The van der Waals surface area contributed by atoms with Crippen LogP contribution in [0.25, 0.3) is 0 Å². The van der Waals surface area contributed by atoms with Crippen LogP contribution in [0.2, 0.25) is 0 Å². The first-order valence-corrected chi connectivity index (χ1v) is 7.27. The van der Waals surface area contributed by atoms with Crippen LogP contribution in [0.3, 0.4) is 0 Å². The molecule has 106 valence electrons. The van der Waals surface area contributed by atoms with Crippen molar-refractivity contribution >= 4 is 22.4 Å². The van der Waals surface area contributed by atoms with E-state index >= 15 is 0 Å². The van der Waals surface area contributed by atoms with E-state index in [0.717, 1.165) is 22.9 Å². The Morgan fingerprint density at radius 2 is 1.95 bits per heavy atom. The molecule has 2 aromatic rings. The van der Waals surface area contributed by atoms with E-state index in [1.54, 1.807) is 7.05 Å². The van der Waals surface area contributed by atoms with Crippen molar-refractivity contribution < 1.29 is 9.63 Å². The van der Waals surface area contributed by atoms with Gasteiger partial charge in [-0.3, -0.25) is 10.2 Å². The van der Waals surface area contributed by atoms with Gasteiger partial charge in [0.15, 0.2) is 0 Å². The van der Waals surface area contributed by atoms with Gasteiger partial charge in [-0.15, -0.1) is 11.3 Å². The minimum atomic E-state index is -0.274. The Balaban J connectivity index is 1.88. The molecule has 1 aromatic heterocycles. The van der Waals surface area contributed by atoms with Gasteiger partial charge in [0.05, 0.1) is 12.1 Å². The number of hydrogen-bond donors (Lipinski definition) is 1. The summed E-state index contributed by atoms with van der Waals surface area (Å²) in [4.78, 5) is 16.5.